The molecule has 0 fully saturated rings. The molecule has 0 bridgehead atoms. The number of rotatable bonds is 4. The number of ether oxygens (including phenoxy) is 1. The van der Waals surface area contributed by atoms with E-state index < -0.39 is 5.54 Å². The van der Waals surface area contributed by atoms with E-state index in [-0.39, 0.29) is 11.9 Å². The molecule has 1 amide bonds. The van der Waals surface area contributed by atoms with E-state index in [9.17, 15) is 9.59 Å². The maximum absolute atomic E-state index is 12.2. The third-order valence-electron chi connectivity index (χ3n) is 4.42. The van der Waals surface area contributed by atoms with Gasteiger partial charge in [0, 0.05) is 25.5 Å². The Morgan fingerprint density at radius 1 is 1.12 bits per heavy atom. The van der Waals surface area contributed by atoms with Gasteiger partial charge in [-0.05, 0) is 41.3 Å². The zero-order valence-corrected chi connectivity index (χ0v) is 14.5. The van der Waals surface area contributed by atoms with Crippen molar-refractivity contribution in [2.75, 3.05) is 11.9 Å². The first-order valence-corrected chi connectivity index (χ1v) is 8.37. The average molecular weight is 338 g/mol. The molecule has 2 aromatic carbocycles. The summed E-state index contributed by atoms with van der Waals surface area (Å²) in [5, 5.41) is 2.79. The molecular formula is C20H22N2O3. The lowest BCUT2D eigenvalue weighted by molar-refractivity contribution is -0.149. The molecule has 1 atom stereocenters. The number of hydrogen-bond acceptors (Lipinski definition) is 4. The average Bonchev–Trinajstić information content (AvgIpc) is 2.91. The van der Waals surface area contributed by atoms with Crippen LogP contribution in [0.25, 0.3) is 11.1 Å². The van der Waals surface area contributed by atoms with Gasteiger partial charge in [0.1, 0.15) is 5.54 Å². The predicted molar refractivity (Wildman–Crippen MR) is 97.1 cm³/mol. The Hall–Kier alpha value is -2.66. The summed E-state index contributed by atoms with van der Waals surface area (Å²) >= 11 is 0. The third-order valence-corrected chi connectivity index (χ3v) is 4.42. The van der Waals surface area contributed by atoms with Crippen molar-refractivity contribution in [2.24, 2.45) is 5.73 Å². The normalized spacial score (nSPS) is 18.5. The van der Waals surface area contributed by atoms with Gasteiger partial charge in [-0.15, -0.1) is 0 Å². The molecular weight excluding hydrogens is 316 g/mol. The number of carbonyl (C=O) groups is 2. The maximum atomic E-state index is 12.2. The molecule has 0 spiro atoms. The first-order chi connectivity index (χ1) is 11.9. The molecule has 0 radical (unpaired) electrons. The van der Waals surface area contributed by atoms with E-state index in [1.807, 2.05) is 36.4 Å². The Morgan fingerprint density at radius 2 is 1.84 bits per heavy atom. The third kappa shape index (κ3) is 3.56. The molecule has 0 aliphatic heterocycles. The summed E-state index contributed by atoms with van der Waals surface area (Å²) in [6.45, 7) is 3.59. The van der Waals surface area contributed by atoms with Crippen LogP contribution in [0.5, 0.6) is 0 Å². The summed E-state index contributed by atoms with van der Waals surface area (Å²) in [5.74, 6) is -0.450. The molecule has 2 aromatic rings. The lowest BCUT2D eigenvalue weighted by atomic mass is 9.97. The first-order valence-electron chi connectivity index (χ1n) is 8.37. The fraction of sp³-hybridized carbons (Fsp3) is 0.300. The van der Waals surface area contributed by atoms with Crippen molar-refractivity contribution >= 4 is 17.6 Å². The van der Waals surface area contributed by atoms with Crippen LogP contribution in [0.1, 0.15) is 25.0 Å². The van der Waals surface area contributed by atoms with Crippen molar-refractivity contribution in [3.8, 4) is 11.1 Å². The Kier molecular flexibility index (Phi) is 4.59. The van der Waals surface area contributed by atoms with Crippen molar-refractivity contribution in [1.29, 1.82) is 0 Å². The number of fused-ring (bicyclic) bond motifs is 1. The quantitative estimate of drug-likeness (QED) is 0.840. The van der Waals surface area contributed by atoms with Crippen LogP contribution in [0.15, 0.2) is 42.5 Å². The lowest BCUT2D eigenvalue weighted by Gasteiger charge is -2.20. The second kappa shape index (κ2) is 6.69. The Morgan fingerprint density at radius 3 is 2.56 bits per heavy atom. The maximum Gasteiger partial charge on any atom is 0.326 e. The van der Waals surface area contributed by atoms with Gasteiger partial charge in [-0.2, -0.15) is 0 Å². The van der Waals surface area contributed by atoms with Crippen LogP contribution >= 0.6 is 0 Å². The van der Waals surface area contributed by atoms with E-state index in [1.54, 1.807) is 6.92 Å². The van der Waals surface area contributed by atoms with Gasteiger partial charge in [-0.3, -0.25) is 9.59 Å². The zero-order valence-electron chi connectivity index (χ0n) is 14.5. The molecule has 1 unspecified atom stereocenters. The van der Waals surface area contributed by atoms with Gasteiger partial charge in [0.25, 0.3) is 0 Å². The molecule has 25 heavy (non-hydrogen) atoms. The van der Waals surface area contributed by atoms with Gasteiger partial charge < -0.3 is 15.8 Å². The topological polar surface area (TPSA) is 81.4 Å². The van der Waals surface area contributed by atoms with Gasteiger partial charge in [-0.25, -0.2) is 0 Å². The lowest BCUT2D eigenvalue weighted by Crippen LogP contribution is -2.50. The molecule has 0 saturated heterocycles. The van der Waals surface area contributed by atoms with E-state index >= 15 is 0 Å². The van der Waals surface area contributed by atoms with Crippen LogP contribution in [0.3, 0.4) is 0 Å². The Balaban J connectivity index is 1.87. The van der Waals surface area contributed by atoms with Gasteiger partial charge >= 0.3 is 5.97 Å². The molecule has 0 aromatic heterocycles. The first kappa shape index (κ1) is 17.2. The van der Waals surface area contributed by atoms with Crippen LogP contribution in [0.2, 0.25) is 0 Å². The van der Waals surface area contributed by atoms with Crippen LogP contribution in [0, 0.1) is 0 Å². The molecule has 1 aliphatic rings. The van der Waals surface area contributed by atoms with Crippen LogP contribution in [-0.2, 0) is 27.2 Å². The van der Waals surface area contributed by atoms with Crippen molar-refractivity contribution in [2.45, 2.75) is 32.2 Å². The monoisotopic (exact) mass is 338 g/mol. The van der Waals surface area contributed by atoms with Gasteiger partial charge in [0.15, 0.2) is 0 Å². The van der Waals surface area contributed by atoms with E-state index in [4.69, 9.17) is 10.5 Å². The second-order valence-electron chi connectivity index (χ2n) is 6.48. The number of amides is 1. The predicted octanol–water partition coefficient (Wildman–Crippen LogP) is 2.67. The molecule has 5 heteroatoms. The van der Waals surface area contributed by atoms with Crippen molar-refractivity contribution < 1.29 is 14.3 Å². The summed E-state index contributed by atoms with van der Waals surface area (Å²) in [4.78, 5) is 23.4. The second-order valence-corrected chi connectivity index (χ2v) is 6.48. The molecule has 0 saturated carbocycles. The van der Waals surface area contributed by atoms with Crippen molar-refractivity contribution in [3.63, 3.8) is 0 Å². The minimum absolute atomic E-state index is 0.103. The molecule has 3 N–H and O–H groups in total. The fourth-order valence-electron chi connectivity index (χ4n) is 3.28. The zero-order chi connectivity index (χ0) is 18.0. The summed E-state index contributed by atoms with van der Waals surface area (Å²) < 4.78 is 5.12. The molecule has 1 aliphatic carbocycles. The minimum Gasteiger partial charge on any atom is -0.465 e. The van der Waals surface area contributed by atoms with Crippen LogP contribution in [0.4, 0.5) is 5.69 Å². The standard InChI is InChI=1S/C20H22N2O3/c1-3-25-19(24)20(21)11-16-8-7-15(9-17(16)12-20)14-5-4-6-18(10-14)22-13(2)23/h4-10H,3,11-12,21H2,1-2H3,(H,22,23). The van der Waals surface area contributed by atoms with E-state index in [2.05, 4.69) is 11.4 Å². The van der Waals surface area contributed by atoms with E-state index in [1.165, 1.54) is 6.92 Å². The Labute approximate surface area is 147 Å². The molecule has 130 valence electrons. The molecule has 0 heterocycles. The number of nitrogens with one attached hydrogen (secondary N) is 1. The highest BCUT2D eigenvalue weighted by Crippen LogP contribution is 2.33. The van der Waals surface area contributed by atoms with Gasteiger partial charge in [0.2, 0.25) is 5.91 Å². The van der Waals surface area contributed by atoms with Gasteiger partial charge in [-0.1, -0.05) is 30.3 Å². The Bertz CT molecular complexity index is 831. The minimum atomic E-state index is -0.977. The number of carbonyl (C=O) groups excluding carboxylic acids is 2. The van der Waals surface area contributed by atoms with Crippen LogP contribution in [-0.4, -0.2) is 24.0 Å². The summed E-state index contributed by atoms with van der Waals surface area (Å²) in [5.41, 5.74) is 10.2. The highest BCUT2D eigenvalue weighted by atomic mass is 16.5. The number of nitrogens with two attached hydrogens (primary N) is 1. The molecule has 3 rings (SSSR count). The van der Waals surface area contributed by atoms with E-state index in [0.29, 0.717) is 19.4 Å². The number of esters is 1. The van der Waals surface area contributed by atoms with Crippen molar-refractivity contribution in [1.82, 2.24) is 0 Å². The number of anilines is 1. The van der Waals surface area contributed by atoms with Crippen LogP contribution < -0.4 is 11.1 Å². The highest BCUT2D eigenvalue weighted by Gasteiger charge is 2.41. The largest absolute Gasteiger partial charge is 0.465 e. The number of benzene rings is 2. The summed E-state index contributed by atoms with van der Waals surface area (Å²) in [6, 6.07) is 13.8. The smallest absolute Gasteiger partial charge is 0.326 e. The highest BCUT2D eigenvalue weighted by molar-refractivity contribution is 5.89. The SMILES string of the molecule is CCOC(=O)C1(N)Cc2ccc(-c3cccc(NC(C)=O)c3)cc2C1. The summed E-state index contributed by atoms with van der Waals surface area (Å²) in [6.07, 6.45) is 0.966. The summed E-state index contributed by atoms with van der Waals surface area (Å²) in [7, 11) is 0. The van der Waals surface area contributed by atoms with E-state index in [0.717, 1.165) is 27.9 Å². The fourth-order valence-corrected chi connectivity index (χ4v) is 3.28. The van der Waals surface area contributed by atoms with Crippen molar-refractivity contribution in [3.05, 3.63) is 53.6 Å². The number of hydrogen-bond donors (Lipinski definition) is 2. The van der Waals surface area contributed by atoms with Gasteiger partial charge in [0.05, 0.1) is 6.61 Å². The molecule has 5 nitrogen and oxygen atoms in total.